The number of unbranched alkanes of at least 4 members (excludes halogenated alkanes) is 2. The maximum absolute atomic E-state index is 15.2. The second kappa shape index (κ2) is 13.7. The molecule has 0 bridgehead atoms. The summed E-state index contributed by atoms with van der Waals surface area (Å²) in [5.41, 5.74) is -0.171. The van der Waals surface area contributed by atoms with Crippen LogP contribution >= 0.6 is 0 Å². The molecule has 0 aliphatic heterocycles. The van der Waals surface area contributed by atoms with Crippen molar-refractivity contribution in [3.8, 4) is 11.5 Å². The second-order valence-corrected chi connectivity index (χ2v) is 12.5. The van der Waals surface area contributed by atoms with Crippen molar-refractivity contribution in [1.82, 2.24) is 0 Å². The first-order valence-electron chi connectivity index (χ1n) is 15.9. The van der Waals surface area contributed by atoms with E-state index in [0.717, 1.165) is 63.2 Å². The van der Waals surface area contributed by atoms with Crippen molar-refractivity contribution in [1.29, 1.82) is 0 Å². The molecule has 0 unspecified atom stereocenters. The van der Waals surface area contributed by atoms with Crippen molar-refractivity contribution >= 4 is 21.9 Å². The molecule has 1 heterocycles. The Bertz CT molecular complexity index is 1300. The van der Waals surface area contributed by atoms with Crippen molar-refractivity contribution in [3.63, 3.8) is 0 Å². The smallest absolute Gasteiger partial charge is 0.201 e. The summed E-state index contributed by atoms with van der Waals surface area (Å²) in [5, 5.41) is -0.844. The Morgan fingerprint density at radius 3 is 1.46 bits per heavy atom. The lowest BCUT2D eigenvalue weighted by Gasteiger charge is -2.28. The van der Waals surface area contributed by atoms with Gasteiger partial charge in [0, 0.05) is 12.1 Å². The van der Waals surface area contributed by atoms with Crippen LogP contribution < -0.4 is 9.47 Å². The summed E-state index contributed by atoms with van der Waals surface area (Å²) in [6.07, 6.45) is 15.9. The molecule has 0 amide bonds. The molecule has 0 atom stereocenters. The van der Waals surface area contributed by atoms with Crippen LogP contribution in [0.4, 0.5) is 17.6 Å². The number of ether oxygens (including phenoxy) is 2. The molecule has 3 nitrogen and oxygen atoms in total. The number of halogens is 4. The lowest BCUT2D eigenvalue weighted by molar-refractivity contribution is 0.172. The van der Waals surface area contributed by atoms with Crippen LogP contribution in [-0.2, 0) is 0 Å². The molecule has 0 N–H and O–H groups in total. The molecule has 2 fully saturated rings. The van der Waals surface area contributed by atoms with E-state index in [9.17, 15) is 0 Å². The Balaban J connectivity index is 1.27. The quantitative estimate of drug-likeness (QED) is 0.159. The van der Waals surface area contributed by atoms with Crippen molar-refractivity contribution in [3.05, 3.63) is 35.4 Å². The van der Waals surface area contributed by atoms with E-state index in [1.165, 1.54) is 50.7 Å². The Kier molecular flexibility index (Phi) is 10.0. The van der Waals surface area contributed by atoms with E-state index in [1.807, 2.05) is 0 Å². The summed E-state index contributed by atoms with van der Waals surface area (Å²) in [6, 6.07) is 2.49. The predicted molar refractivity (Wildman–Crippen MR) is 154 cm³/mol. The van der Waals surface area contributed by atoms with Gasteiger partial charge in [0.15, 0.2) is 23.1 Å². The third-order valence-corrected chi connectivity index (χ3v) is 9.54. The lowest BCUT2D eigenvalue weighted by Crippen LogP contribution is -2.20. The minimum atomic E-state index is -1.30. The third-order valence-electron chi connectivity index (χ3n) is 9.54. The van der Waals surface area contributed by atoms with E-state index in [4.69, 9.17) is 13.9 Å². The first kappa shape index (κ1) is 30.0. The van der Waals surface area contributed by atoms with Gasteiger partial charge in [-0.1, -0.05) is 78.1 Å². The number of rotatable bonds is 12. The monoisotopic (exact) mass is 576 g/mol. The fraction of sp³-hybridized carbons (Fsp3) is 0.647. The van der Waals surface area contributed by atoms with E-state index in [1.54, 1.807) is 0 Å². The van der Waals surface area contributed by atoms with Crippen molar-refractivity contribution < 1.29 is 31.5 Å². The summed E-state index contributed by atoms with van der Waals surface area (Å²) in [6.45, 7) is 4.96. The van der Waals surface area contributed by atoms with Crippen molar-refractivity contribution in [2.45, 2.75) is 104 Å². The molecule has 2 aliphatic carbocycles. The molecule has 2 aliphatic rings. The van der Waals surface area contributed by atoms with Gasteiger partial charge in [0.25, 0.3) is 0 Å². The Morgan fingerprint density at radius 2 is 1.02 bits per heavy atom. The molecule has 2 aromatic carbocycles. The van der Waals surface area contributed by atoms with Crippen LogP contribution in [0.15, 0.2) is 16.5 Å². The van der Waals surface area contributed by atoms with Crippen LogP contribution in [0.5, 0.6) is 11.5 Å². The van der Waals surface area contributed by atoms with Gasteiger partial charge in [-0.25, -0.2) is 8.78 Å². The molecule has 0 saturated heterocycles. The fourth-order valence-corrected chi connectivity index (χ4v) is 7.00. The van der Waals surface area contributed by atoms with Crippen LogP contribution in [0.25, 0.3) is 21.9 Å². The van der Waals surface area contributed by atoms with Gasteiger partial charge < -0.3 is 13.9 Å². The highest BCUT2D eigenvalue weighted by molar-refractivity contribution is 6.06. The summed E-state index contributed by atoms with van der Waals surface area (Å²) in [7, 11) is 0. The molecule has 7 heteroatoms. The third kappa shape index (κ3) is 6.80. The van der Waals surface area contributed by atoms with Gasteiger partial charge >= 0.3 is 0 Å². The minimum absolute atomic E-state index is 0.0850. The van der Waals surface area contributed by atoms with Crippen LogP contribution in [0, 0.1) is 46.9 Å². The lowest BCUT2D eigenvalue weighted by atomic mass is 9.80. The van der Waals surface area contributed by atoms with E-state index in [0.29, 0.717) is 0 Å². The van der Waals surface area contributed by atoms with Gasteiger partial charge in [-0.15, -0.1) is 0 Å². The molecule has 0 spiro atoms. The topological polar surface area (TPSA) is 31.6 Å². The molecule has 5 rings (SSSR count). The van der Waals surface area contributed by atoms with Crippen LogP contribution in [-0.4, -0.2) is 13.2 Å². The van der Waals surface area contributed by atoms with Gasteiger partial charge in [-0.2, -0.15) is 8.78 Å². The molecule has 41 heavy (non-hydrogen) atoms. The Labute approximate surface area is 240 Å². The molecular weight excluding hydrogens is 532 g/mol. The van der Waals surface area contributed by atoms with E-state index in [2.05, 4.69) is 13.8 Å². The molecule has 3 aromatic rings. The number of hydrogen-bond donors (Lipinski definition) is 0. The van der Waals surface area contributed by atoms with Crippen LogP contribution in [0.2, 0.25) is 0 Å². The molecule has 0 radical (unpaired) electrons. The largest absolute Gasteiger partial charge is 0.490 e. The second-order valence-electron chi connectivity index (χ2n) is 12.5. The SMILES string of the molecule is CCCCCC1CCC(COc2cc3oc4cc(OCC5CCC(CCC)CC5)c(F)c(F)c4c3c(F)c2F)CC1. The first-order chi connectivity index (χ1) is 19.9. The van der Waals surface area contributed by atoms with Gasteiger partial charge in [0.1, 0.15) is 11.2 Å². The van der Waals surface area contributed by atoms with Crippen LogP contribution in [0.3, 0.4) is 0 Å². The zero-order chi connectivity index (χ0) is 28.9. The van der Waals surface area contributed by atoms with Gasteiger partial charge in [-0.05, 0) is 49.4 Å². The molecule has 1 aromatic heterocycles. The molecular formula is C34H44F4O3. The van der Waals surface area contributed by atoms with E-state index >= 15 is 17.6 Å². The maximum atomic E-state index is 15.2. The number of furan rings is 1. The van der Waals surface area contributed by atoms with Crippen molar-refractivity contribution in [2.75, 3.05) is 13.2 Å². The van der Waals surface area contributed by atoms with Gasteiger partial charge in [0.2, 0.25) is 11.6 Å². The van der Waals surface area contributed by atoms with Crippen LogP contribution in [0.1, 0.15) is 104 Å². The normalized spacial score (nSPS) is 23.4. The highest BCUT2D eigenvalue weighted by Gasteiger charge is 2.28. The maximum Gasteiger partial charge on any atom is 0.201 e. The van der Waals surface area contributed by atoms with E-state index in [-0.39, 0.29) is 47.7 Å². The number of hydrogen-bond acceptors (Lipinski definition) is 3. The highest BCUT2D eigenvalue weighted by atomic mass is 19.2. The van der Waals surface area contributed by atoms with Gasteiger partial charge in [0.05, 0.1) is 24.0 Å². The van der Waals surface area contributed by atoms with Gasteiger partial charge in [-0.3, -0.25) is 0 Å². The average molecular weight is 577 g/mol. The summed E-state index contributed by atoms with van der Waals surface area (Å²) < 4.78 is 77.7. The number of fused-ring (bicyclic) bond motifs is 3. The Morgan fingerprint density at radius 1 is 0.585 bits per heavy atom. The minimum Gasteiger partial charge on any atom is -0.490 e. The predicted octanol–water partition coefficient (Wildman–Crippen LogP) is 10.9. The zero-order valence-corrected chi connectivity index (χ0v) is 24.5. The first-order valence-corrected chi connectivity index (χ1v) is 15.9. The zero-order valence-electron chi connectivity index (χ0n) is 24.5. The Hall–Kier alpha value is -2.44. The molecule has 2 saturated carbocycles. The number of benzene rings is 2. The summed E-state index contributed by atoms with van der Waals surface area (Å²) in [4.78, 5) is 0. The summed E-state index contributed by atoms with van der Waals surface area (Å²) >= 11 is 0. The van der Waals surface area contributed by atoms with Crippen molar-refractivity contribution in [2.24, 2.45) is 23.7 Å². The summed E-state index contributed by atoms with van der Waals surface area (Å²) in [5.74, 6) is -3.54. The van der Waals surface area contributed by atoms with E-state index < -0.39 is 34.0 Å². The fourth-order valence-electron chi connectivity index (χ4n) is 7.00. The molecule has 226 valence electrons. The highest BCUT2D eigenvalue weighted by Crippen LogP contribution is 2.41. The average Bonchev–Trinajstić information content (AvgIpc) is 3.35. The standard InChI is InChI=1S/C34H44F4O3/c1-3-5-6-8-22-11-15-24(16-12-22)20-40-28-18-26-30(34(38)32(28)36)29-25(41-26)17-27(31(35)33(29)37)39-19-23-13-9-21(7-4-2)10-14-23/h17-18,21-24H,3-16,19-20H2,1-2H3.